The van der Waals surface area contributed by atoms with E-state index in [-0.39, 0.29) is 5.56 Å². The third-order valence-corrected chi connectivity index (χ3v) is 4.88. The fraction of sp³-hybridized carbons (Fsp3) is 0.300. The van der Waals surface area contributed by atoms with Gasteiger partial charge in [0, 0.05) is 38.4 Å². The second-order valence-corrected chi connectivity index (χ2v) is 6.86. The summed E-state index contributed by atoms with van der Waals surface area (Å²) in [6, 6.07) is 6.52. The maximum Gasteiger partial charge on any atom is 0.255 e. The molecule has 132 valence electrons. The van der Waals surface area contributed by atoms with Gasteiger partial charge in [0.25, 0.3) is 5.56 Å². The van der Waals surface area contributed by atoms with Gasteiger partial charge in [-0.05, 0) is 25.0 Å². The normalized spacial score (nSPS) is 14.2. The first-order valence-electron chi connectivity index (χ1n) is 8.76. The number of rotatable bonds is 3. The average Bonchev–Trinajstić information content (AvgIpc) is 2.66. The quantitative estimate of drug-likeness (QED) is 0.787. The molecular weight excluding hydrogens is 326 g/mol. The Bertz CT molecular complexity index is 997. The summed E-state index contributed by atoms with van der Waals surface area (Å²) in [5.74, 6) is 0.539. The van der Waals surface area contributed by atoms with E-state index in [2.05, 4.69) is 56.9 Å². The minimum atomic E-state index is -0.0699. The smallest absolute Gasteiger partial charge is 0.255 e. The van der Waals surface area contributed by atoms with Crippen LogP contribution < -0.4 is 5.56 Å². The van der Waals surface area contributed by atoms with E-state index in [0.29, 0.717) is 12.4 Å². The summed E-state index contributed by atoms with van der Waals surface area (Å²) in [6.07, 6.45) is 5.55. The summed E-state index contributed by atoms with van der Waals surface area (Å²) in [6.45, 7) is 6.60. The van der Waals surface area contributed by atoms with Gasteiger partial charge in [0.05, 0.1) is 16.8 Å². The van der Waals surface area contributed by atoms with Crippen LogP contribution in [0.4, 0.5) is 0 Å². The molecule has 1 N–H and O–H groups in total. The number of benzene rings is 1. The Balaban J connectivity index is 1.59. The zero-order valence-corrected chi connectivity index (χ0v) is 15.0. The molecule has 6 heteroatoms. The lowest BCUT2D eigenvalue weighted by molar-refractivity contribution is 0.241. The van der Waals surface area contributed by atoms with Crippen LogP contribution in [-0.2, 0) is 19.5 Å². The lowest BCUT2D eigenvalue weighted by Crippen LogP contribution is -2.35. The number of fused-ring (bicyclic) bond motifs is 1. The molecule has 0 saturated heterocycles. The van der Waals surface area contributed by atoms with Gasteiger partial charge < -0.3 is 4.98 Å². The van der Waals surface area contributed by atoms with Crippen LogP contribution in [0.3, 0.4) is 0 Å². The monoisotopic (exact) mass is 347 g/mol. The molecule has 0 atom stereocenters. The first-order valence-corrected chi connectivity index (χ1v) is 8.76. The van der Waals surface area contributed by atoms with Crippen molar-refractivity contribution in [3.63, 3.8) is 0 Å². The zero-order chi connectivity index (χ0) is 18.1. The van der Waals surface area contributed by atoms with Crippen LogP contribution in [0.25, 0.3) is 11.4 Å². The van der Waals surface area contributed by atoms with Gasteiger partial charge in [-0.1, -0.05) is 23.8 Å². The molecule has 2 aromatic heterocycles. The van der Waals surface area contributed by atoms with Crippen molar-refractivity contribution in [1.82, 2.24) is 24.8 Å². The van der Waals surface area contributed by atoms with Crippen LogP contribution in [0.1, 0.15) is 27.9 Å². The number of hydrogen-bond donors (Lipinski definition) is 1. The van der Waals surface area contributed by atoms with Gasteiger partial charge in [0.1, 0.15) is 12.2 Å². The van der Waals surface area contributed by atoms with Gasteiger partial charge in [-0.25, -0.2) is 15.0 Å². The lowest BCUT2D eigenvalue weighted by atomic mass is 10.0. The van der Waals surface area contributed by atoms with Gasteiger partial charge in [-0.3, -0.25) is 9.69 Å². The third-order valence-electron chi connectivity index (χ3n) is 4.88. The summed E-state index contributed by atoms with van der Waals surface area (Å²) in [4.78, 5) is 30.5. The molecule has 0 amide bonds. The highest BCUT2D eigenvalue weighted by Gasteiger charge is 2.22. The molecule has 3 heterocycles. The van der Waals surface area contributed by atoms with Gasteiger partial charge >= 0.3 is 0 Å². The Morgan fingerprint density at radius 1 is 1.19 bits per heavy atom. The van der Waals surface area contributed by atoms with E-state index in [1.807, 2.05) is 0 Å². The van der Waals surface area contributed by atoms with Crippen LogP contribution in [0.2, 0.25) is 0 Å². The molecule has 0 fully saturated rings. The molecule has 6 nitrogen and oxygen atoms in total. The molecule has 0 spiro atoms. The molecule has 0 unspecified atom stereocenters. The molecule has 4 rings (SSSR count). The van der Waals surface area contributed by atoms with Crippen LogP contribution in [0.15, 0.2) is 41.7 Å². The van der Waals surface area contributed by atoms with E-state index in [1.54, 1.807) is 12.4 Å². The Morgan fingerprint density at radius 2 is 2.00 bits per heavy atom. The first-order chi connectivity index (χ1) is 12.6. The van der Waals surface area contributed by atoms with E-state index >= 15 is 0 Å². The highest BCUT2D eigenvalue weighted by Crippen LogP contribution is 2.20. The summed E-state index contributed by atoms with van der Waals surface area (Å²) in [5, 5.41) is 0. The minimum Gasteiger partial charge on any atom is -0.306 e. The topological polar surface area (TPSA) is 74.8 Å². The van der Waals surface area contributed by atoms with E-state index in [9.17, 15) is 4.79 Å². The Labute approximate surface area is 152 Å². The van der Waals surface area contributed by atoms with E-state index in [1.165, 1.54) is 23.0 Å². The maximum absolute atomic E-state index is 12.6. The van der Waals surface area contributed by atoms with Crippen molar-refractivity contribution in [2.24, 2.45) is 0 Å². The molecular formula is C20H21N5O. The van der Waals surface area contributed by atoms with Gasteiger partial charge in [0.2, 0.25) is 0 Å². The molecule has 0 aliphatic carbocycles. The molecule has 1 aliphatic rings. The number of aryl methyl sites for hydroxylation is 2. The molecule has 0 bridgehead atoms. The fourth-order valence-corrected chi connectivity index (χ4v) is 3.39. The van der Waals surface area contributed by atoms with Gasteiger partial charge in [-0.15, -0.1) is 0 Å². The summed E-state index contributed by atoms with van der Waals surface area (Å²) in [5.41, 5.74) is 6.16. The SMILES string of the molecule is Cc1ccc(C)c(CN2CCc3nc(-c4cncnc4)[nH]c(=O)c3C2)c1. The molecule has 0 saturated carbocycles. The number of nitrogens with zero attached hydrogens (tertiary/aromatic N) is 4. The molecule has 1 aliphatic heterocycles. The maximum atomic E-state index is 12.6. The van der Waals surface area contributed by atoms with E-state index in [0.717, 1.165) is 36.3 Å². The number of aromatic nitrogens is 4. The second kappa shape index (κ2) is 6.80. The molecule has 0 radical (unpaired) electrons. The van der Waals surface area contributed by atoms with Crippen molar-refractivity contribution in [3.05, 3.63) is 75.2 Å². The van der Waals surface area contributed by atoms with Crippen LogP contribution >= 0.6 is 0 Å². The number of H-pyrrole nitrogens is 1. The van der Waals surface area contributed by atoms with Crippen LogP contribution in [0.5, 0.6) is 0 Å². The van der Waals surface area contributed by atoms with Gasteiger partial charge in [0.15, 0.2) is 0 Å². The average molecular weight is 347 g/mol. The zero-order valence-electron chi connectivity index (χ0n) is 15.0. The summed E-state index contributed by atoms with van der Waals surface area (Å²) >= 11 is 0. The van der Waals surface area contributed by atoms with E-state index in [4.69, 9.17) is 0 Å². The number of hydrogen-bond acceptors (Lipinski definition) is 5. The largest absolute Gasteiger partial charge is 0.306 e. The Hall–Kier alpha value is -2.86. The van der Waals surface area contributed by atoms with E-state index < -0.39 is 0 Å². The van der Waals surface area contributed by atoms with Crippen molar-refractivity contribution in [2.75, 3.05) is 6.54 Å². The third kappa shape index (κ3) is 3.28. The van der Waals surface area contributed by atoms with Crippen molar-refractivity contribution < 1.29 is 0 Å². The standard InChI is InChI=1S/C20H21N5O/c1-13-3-4-14(2)15(7-13)10-25-6-5-18-17(11-25)20(26)24-19(23-18)16-8-21-12-22-9-16/h3-4,7-9,12H,5-6,10-11H2,1-2H3,(H,23,24,26). The predicted octanol–water partition coefficient (Wildman–Crippen LogP) is 2.40. The fourth-order valence-electron chi connectivity index (χ4n) is 3.39. The van der Waals surface area contributed by atoms with Crippen molar-refractivity contribution in [1.29, 1.82) is 0 Å². The molecule has 3 aromatic rings. The van der Waals surface area contributed by atoms with Crippen molar-refractivity contribution in [2.45, 2.75) is 33.4 Å². The van der Waals surface area contributed by atoms with Crippen molar-refractivity contribution in [3.8, 4) is 11.4 Å². The van der Waals surface area contributed by atoms with Gasteiger partial charge in [-0.2, -0.15) is 0 Å². The summed E-state index contributed by atoms with van der Waals surface area (Å²) in [7, 11) is 0. The predicted molar refractivity (Wildman–Crippen MR) is 99.6 cm³/mol. The minimum absolute atomic E-state index is 0.0699. The Morgan fingerprint density at radius 3 is 2.81 bits per heavy atom. The van der Waals surface area contributed by atoms with Crippen molar-refractivity contribution >= 4 is 0 Å². The molecule has 26 heavy (non-hydrogen) atoms. The highest BCUT2D eigenvalue weighted by molar-refractivity contribution is 5.52. The highest BCUT2D eigenvalue weighted by atomic mass is 16.1. The van der Waals surface area contributed by atoms with Crippen LogP contribution in [-0.4, -0.2) is 31.4 Å². The first kappa shape index (κ1) is 16.6. The summed E-state index contributed by atoms with van der Waals surface area (Å²) < 4.78 is 0. The molecule has 1 aromatic carbocycles. The number of aromatic amines is 1. The number of nitrogens with one attached hydrogen (secondary N) is 1. The second-order valence-electron chi connectivity index (χ2n) is 6.86. The lowest BCUT2D eigenvalue weighted by Gasteiger charge is -2.28. The van der Waals surface area contributed by atoms with Crippen LogP contribution in [0, 0.1) is 13.8 Å². The Kier molecular flexibility index (Phi) is 4.34.